The summed E-state index contributed by atoms with van der Waals surface area (Å²) in [6.07, 6.45) is 0.858. The second kappa shape index (κ2) is 11.0. The van der Waals surface area contributed by atoms with E-state index in [0.717, 1.165) is 0 Å². The minimum atomic E-state index is -3.79. The normalized spacial score (nSPS) is 11.3. The maximum absolute atomic E-state index is 12.5. The smallest absolute Gasteiger partial charge is 0.261 e. The summed E-state index contributed by atoms with van der Waals surface area (Å²) in [6, 6.07) is 12.6. The SMILES string of the molecule is CC(C)OCCCNC(=O)COc1ccc(S(=O)(=O)Nc2ccccc2)cc1Cl. The van der Waals surface area contributed by atoms with Gasteiger partial charge < -0.3 is 14.8 Å². The van der Waals surface area contributed by atoms with Gasteiger partial charge in [0.15, 0.2) is 6.61 Å². The summed E-state index contributed by atoms with van der Waals surface area (Å²) in [4.78, 5) is 11.8. The summed E-state index contributed by atoms with van der Waals surface area (Å²) in [5, 5.41) is 2.81. The second-order valence-electron chi connectivity index (χ2n) is 6.48. The molecule has 0 aliphatic rings. The van der Waals surface area contributed by atoms with Crippen molar-refractivity contribution in [2.75, 3.05) is 24.5 Å². The van der Waals surface area contributed by atoms with E-state index in [2.05, 4.69) is 10.0 Å². The molecule has 0 heterocycles. The molecule has 0 aliphatic carbocycles. The number of sulfonamides is 1. The number of hydrogen-bond donors (Lipinski definition) is 2. The van der Waals surface area contributed by atoms with Gasteiger partial charge in [0.05, 0.1) is 16.0 Å². The van der Waals surface area contributed by atoms with Crippen molar-refractivity contribution in [3.8, 4) is 5.75 Å². The van der Waals surface area contributed by atoms with Crippen LogP contribution >= 0.6 is 11.6 Å². The molecule has 0 aromatic heterocycles. The Morgan fingerprint density at radius 2 is 1.86 bits per heavy atom. The lowest BCUT2D eigenvalue weighted by atomic mass is 10.3. The van der Waals surface area contributed by atoms with Crippen molar-refractivity contribution >= 4 is 33.2 Å². The van der Waals surface area contributed by atoms with Crippen LogP contribution in [0.25, 0.3) is 0 Å². The third-order valence-corrected chi connectivity index (χ3v) is 5.37. The summed E-state index contributed by atoms with van der Waals surface area (Å²) in [7, 11) is -3.79. The molecule has 1 amide bonds. The van der Waals surface area contributed by atoms with Gasteiger partial charge >= 0.3 is 0 Å². The number of ether oxygens (including phenoxy) is 2. The Kier molecular flexibility index (Phi) is 8.75. The van der Waals surface area contributed by atoms with Crippen LogP contribution in [-0.2, 0) is 19.6 Å². The Balaban J connectivity index is 1.86. The summed E-state index contributed by atoms with van der Waals surface area (Å²) in [5.74, 6) is -0.0725. The fourth-order valence-corrected chi connectivity index (χ4v) is 3.68. The first-order chi connectivity index (χ1) is 13.8. The summed E-state index contributed by atoms with van der Waals surface area (Å²) in [6.45, 7) is 4.72. The van der Waals surface area contributed by atoms with Gasteiger partial charge in [-0.2, -0.15) is 0 Å². The van der Waals surface area contributed by atoms with Crippen molar-refractivity contribution < 1.29 is 22.7 Å². The first-order valence-corrected chi connectivity index (χ1v) is 11.0. The summed E-state index contributed by atoms with van der Waals surface area (Å²) >= 11 is 6.13. The van der Waals surface area contributed by atoms with E-state index in [0.29, 0.717) is 25.3 Å². The van der Waals surface area contributed by atoms with Crippen LogP contribution in [0.3, 0.4) is 0 Å². The van der Waals surface area contributed by atoms with Gasteiger partial charge in [0.1, 0.15) is 5.75 Å². The number of halogens is 1. The lowest BCUT2D eigenvalue weighted by Crippen LogP contribution is -2.30. The standard InChI is InChI=1S/C20H25ClN2O5S/c1-15(2)27-12-6-11-22-20(24)14-28-19-10-9-17(13-18(19)21)29(25,26)23-16-7-4-3-5-8-16/h3-5,7-10,13,15,23H,6,11-12,14H2,1-2H3,(H,22,24). The van der Waals surface area contributed by atoms with Crippen molar-refractivity contribution in [1.82, 2.24) is 5.32 Å². The van der Waals surface area contributed by atoms with Crippen LogP contribution in [-0.4, -0.2) is 40.2 Å². The molecule has 0 saturated carbocycles. The van der Waals surface area contributed by atoms with Gasteiger partial charge in [-0.25, -0.2) is 8.42 Å². The molecule has 9 heteroatoms. The number of benzene rings is 2. The molecule has 2 aromatic carbocycles. The van der Waals surface area contributed by atoms with E-state index in [1.807, 2.05) is 13.8 Å². The van der Waals surface area contributed by atoms with Crippen molar-refractivity contribution in [3.05, 3.63) is 53.6 Å². The molecule has 2 N–H and O–H groups in total. The number of carbonyl (C=O) groups excluding carboxylic acids is 1. The van der Waals surface area contributed by atoms with Crippen molar-refractivity contribution in [2.45, 2.75) is 31.3 Å². The quantitative estimate of drug-likeness (QED) is 0.522. The van der Waals surface area contributed by atoms with Gasteiger partial charge in [0.2, 0.25) is 0 Å². The van der Waals surface area contributed by atoms with Gasteiger partial charge in [-0.1, -0.05) is 29.8 Å². The van der Waals surface area contributed by atoms with E-state index in [4.69, 9.17) is 21.1 Å². The molecule has 0 spiro atoms. The molecule has 0 fully saturated rings. The minimum Gasteiger partial charge on any atom is -0.482 e. The number of amides is 1. The molecule has 0 unspecified atom stereocenters. The Morgan fingerprint density at radius 1 is 1.14 bits per heavy atom. The third-order valence-electron chi connectivity index (χ3n) is 3.69. The fraction of sp³-hybridized carbons (Fsp3) is 0.350. The number of carbonyl (C=O) groups is 1. The Labute approximate surface area is 176 Å². The van der Waals surface area contributed by atoms with Crippen molar-refractivity contribution in [2.24, 2.45) is 0 Å². The average Bonchev–Trinajstić information content (AvgIpc) is 2.67. The largest absolute Gasteiger partial charge is 0.482 e. The molecule has 0 radical (unpaired) electrons. The molecule has 2 rings (SSSR count). The Morgan fingerprint density at radius 3 is 2.52 bits per heavy atom. The molecule has 0 aliphatic heterocycles. The van der Waals surface area contributed by atoms with Crippen LogP contribution in [0.1, 0.15) is 20.3 Å². The van der Waals surface area contributed by atoms with Gasteiger partial charge in [-0.3, -0.25) is 9.52 Å². The topological polar surface area (TPSA) is 93.7 Å². The number of rotatable bonds is 11. The summed E-state index contributed by atoms with van der Waals surface area (Å²) < 4.78 is 38.2. The maximum atomic E-state index is 12.5. The highest BCUT2D eigenvalue weighted by Crippen LogP contribution is 2.28. The number of nitrogens with one attached hydrogen (secondary N) is 2. The lowest BCUT2D eigenvalue weighted by molar-refractivity contribution is -0.123. The molecular formula is C20H25ClN2O5S. The zero-order valence-electron chi connectivity index (χ0n) is 16.4. The molecule has 7 nitrogen and oxygen atoms in total. The monoisotopic (exact) mass is 440 g/mol. The Bertz CT molecular complexity index is 904. The molecule has 0 atom stereocenters. The van der Waals surface area contributed by atoms with Gasteiger partial charge in [-0.15, -0.1) is 0 Å². The lowest BCUT2D eigenvalue weighted by Gasteiger charge is -2.12. The van der Waals surface area contributed by atoms with Crippen LogP contribution in [0.2, 0.25) is 5.02 Å². The highest BCUT2D eigenvalue weighted by atomic mass is 35.5. The molecule has 2 aromatic rings. The molecule has 0 saturated heterocycles. The van der Waals surface area contributed by atoms with E-state index in [1.165, 1.54) is 18.2 Å². The first kappa shape index (κ1) is 23.0. The summed E-state index contributed by atoms with van der Waals surface area (Å²) in [5.41, 5.74) is 0.444. The van der Waals surface area contributed by atoms with Crippen LogP contribution in [0.5, 0.6) is 5.75 Å². The maximum Gasteiger partial charge on any atom is 0.261 e. The zero-order valence-corrected chi connectivity index (χ0v) is 17.9. The number of para-hydroxylation sites is 1. The van der Waals surface area contributed by atoms with Crippen LogP contribution < -0.4 is 14.8 Å². The van der Waals surface area contributed by atoms with E-state index >= 15 is 0 Å². The van der Waals surface area contributed by atoms with Crippen LogP contribution in [0.4, 0.5) is 5.69 Å². The zero-order chi connectivity index (χ0) is 21.3. The molecule has 0 bridgehead atoms. The average molecular weight is 441 g/mol. The molecular weight excluding hydrogens is 416 g/mol. The van der Waals surface area contributed by atoms with Crippen molar-refractivity contribution in [1.29, 1.82) is 0 Å². The predicted octanol–water partition coefficient (Wildman–Crippen LogP) is 3.45. The second-order valence-corrected chi connectivity index (χ2v) is 8.57. The number of anilines is 1. The van der Waals surface area contributed by atoms with E-state index in [1.54, 1.807) is 30.3 Å². The van der Waals surface area contributed by atoms with Gasteiger partial charge in [-0.05, 0) is 50.6 Å². The minimum absolute atomic E-state index is 0.00620. The predicted molar refractivity (Wildman–Crippen MR) is 113 cm³/mol. The highest BCUT2D eigenvalue weighted by Gasteiger charge is 2.16. The van der Waals surface area contributed by atoms with Gasteiger partial charge in [0.25, 0.3) is 15.9 Å². The fourth-order valence-electron chi connectivity index (χ4n) is 2.30. The van der Waals surface area contributed by atoms with Gasteiger partial charge in [0, 0.05) is 18.8 Å². The molecule has 29 heavy (non-hydrogen) atoms. The van der Waals surface area contributed by atoms with E-state index in [-0.39, 0.29) is 34.3 Å². The molecule has 158 valence electrons. The van der Waals surface area contributed by atoms with Crippen molar-refractivity contribution in [3.63, 3.8) is 0 Å². The van der Waals surface area contributed by atoms with Crippen LogP contribution in [0.15, 0.2) is 53.4 Å². The number of hydrogen-bond acceptors (Lipinski definition) is 5. The van der Waals surface area contributed by atoms with Crippen LogP contribution in [0, 0.1) is 0 Å². The Hall–Kier alpha value is -2.29. The highest BCUT2D eigenvalue weighted by molar-refractivity contribution is 7.92. The van der Waals surface area contributed by atoms with E-state index in [9.17, 15) is 13.2 Å². The third kappa shape index (κ3) is 7.92. The first-order valence-electron chi connectivity index (χ1n) is 9.16. The van der Waals surface area contributed by atoms with E-state index < -0.39 is 10.0 Å².